The lowest BCUT2D eigenvalue weighted by Gasteiger charge is -2.28. The molecule has 2 saturated heterocycles. The quantitative estimate of drug-likeness (QED) is 0.153. The third kappa shape index (κ3) is 10.2. The lowest BCUT2D eigenvalue weighted by Crippen LogP contribution is -2.44. The van der Waals surface area contributed by atoms with E-state index in [-0.39, 0.29) is 36.4 Å². The van der Waals surface area contributed by atoms with E-state index in [4.69, 9.17) is 18.9 Å². The highest BCUT2D eigenvalue weighted by Gasteiger charge is 2.25. The van der Waals surface area contributed by atoms with E-state index in [1.165, 1.54) is 0 Å². The molecule has 2 aliphatic rings. The van der Waals surface area contributed by atoms with Crippen LogP contribution in [-0.4, -0.2) is 99.2 Å². The number of carbonyl (C=O) groups excluding carboxylic acids is 4. The van der Waals surface area contributed by atoms with Crippen molar-refractivity contribution in [3.8, 4) is 11.5 Å². The second-order valence-electron chi connectivity index (χ2n) is 12.3. The first-order valence-electron chi connectivity index (χ1n) is 17.8. The number of carbonyl (C=O) groups is 4. The fourth-order valence-electron chi connectivity index (χ4n) is 5.82. The Morgan fingerprint density at radius 2 is 0.870 bits per heavy atom. The van der Waals surface area contributed by atoms with Crippen LogP contribution >= 0.6 is 0 Å². The van der Waals surface area contributed by atoms with Crippen molar-refractivity contribution in [3.63, 3.8) is 0 Å². The number of benzene rings is 4. The number of para-hydroxylation sites is 2. The molecule has 6 rings (SSSR count). The molecule has 54 heavy (non-hydrogen) atoms. The Morgan fingerprint density at radius 3 is 1.26 bits per heavy atom. The zero-order valence-corrected chi connectivity index (χ0v) is 29.8. The van der Waals surface area contributed by atoms with Gasteiger partial charge in [0.1, 0.15) is 36.1 Å². The Morgan fingerprint density at radius 1 is 0.519 bits per heavy atom. The van der Waals surface area contributed by atoms with Gasteiger partial charge in [-0.2, -0.15) is 0 Å². The van der Waals surface area contributed by atoms with Crippen LogP contribution in [0.1, 0.15) is 31.8 Å². The SMILES string of the molecule is O=C(N/C(=C\c1ccccc1OCCOc1ccccc1/C=C(\NC(=O)c1ccccc1)C(=O)N1CCOCC1)C(=O)N1CCOCC1)c1ccccc1. The Kier molecular flexibility index (Phi) is 13.2. The van der Waals surface area contributed by atoms with E-state index in [1.807, 2.05) is 36.4 Å². The minimum Gasteiger partial charge on any atom is -0.489 e. The second-order valence-corrected chi connectivity index (χ2v) is 12.3. The van der Waals surface area contributed by atoms with Crippen LogP contribution in [0, 0.1) is 0 Å². The molecule has 0 aliphatic carbocycles. The normalized spacial score (nSPS) is 14.9. The van der Waals surface area contributed by atoms with E-state index in [1.54, 1.807) is 94.7 Å². The summed E-state index contributed by atoms with van der Waals surface area (Å²) in [6.07, 6.45) is 3.23. The van der Waals surface area contributed by atoms with Gasteiger partial charge in [0.15, 0.2) is 0 Å². The number of hydrogen-bond donors (Lipinski definition) is 2. The number of amides is 4. The number of nitrogens with zero attached hydrogens (tertiary/aromatic N) is 2. The molecule has 0 spiro atoms. The van der Waals surface area contributed by atoms with Crippen LogP contribution in [0.15, 0.2) is 121 Å². The lowest BCUT2D eigenvalue weighted by molar-refractivity contribution is -0.132. The molecule has 2 fully saturated rings. The third-order valence-corrected chi connectivity index (χ3v) is 8.66. The molecule has 4 amide bonds. The van der Waals surface area contributed by atoms with Gasteiger partial charge in [-0.3, -0.25) is 19.2 Å². The predicted octanol–water partition coefficient (Wildman–Crippen LogP) is 4.40. The molecule has 0 unspecified atom stereocenters. The van der Waals surface area contributed by atoms with Crippen molar-refractivity contribution < 1.29 is 38.1 Å². The molecule has 4 aromatic carbocycles. The van der Waals surface area contributed by atoms with E-state index in [0.29, 0.717) is 86.4 Å². The van der Waals surface area contributed by atoms with E-state index in [0.717, 1.165) is 0 Å². The third-order valence-electron chi connectivity index (χ3n) is 8.66. The Labute approximate surface area is 314 Å². The summed E-state index contributed by atoms with van der Waals surface area (Å²) in [5.41, 5.74) is 2.25. The van der Waals surface area contributed by atoms with E-state index >= 15 is 0 Å². The highest BCUT2D eigenvalue weighted by Crippen LogP contribution is 2.24. The largest absolute Gasteiger partial charge is 0.489 e. The molecule has 0 bridgehead atoms. The standard InChI is InChI=1S/C42H42N4O8/c47-39(31-11-3-1-4-12-31)43-35(41(49)45-19-23-51-24-20-45)29-33-15-7-9-17-37(33)53-27-28-54-38-18-10-8-16-34(38)30-36(42(50)46-21-25-52-26-22-46)44-40(48)32-13-5-2-6-14-32/h1-18,29-30H,19-28H2,(H,43,47)(H,44,48)/b35-29-,36-30-. The van der Waals surface area contributed by atoms with Gasteiger partial charge in [0.25, 0.3) is 23.6 Å². The van der Waals surface area contributed by atoms with Gasteiger partial charge in [-0.25, -0.2) is 0 Å². The van der Waals surface area contributed by atoms with Gasteiger partial charge in [0.2, 0.25) is 0 Å². The maximum Gasteiger partial charge on any atom is 0.270 e. The van der Waals surface area contributed by atoms with E-state index in [9.17, 15) is 19.2 Å². The van der Waals surface area contributed by atoms with E-state index < -0.39 is 11.8 Å². The summed E-state index contributed by atoms with van der Waals surface area (Å²) in [6.45, 7) is 3.56. The maximum absolute atomic E-state index is 13.6. The Bertz CT molecular complexity index is 1830. The van der Waals surface area contributed by atoms with Crippen LogP contribution in [-0.2, 0) is 19.1 Å². The molecular formula is C42H42N4O8. The second kappa shape index (κ2) is 19.0. The minimum atomic E-state index is -0.405. The highest BCUT2D eigenvalue weighted by molar-refractivity contribution is 6.06. The topological polar surface area (TPSA) is 136 Å². The summed E-state index contributed by atoms with van der Waals surface area (Å²) in [7, 11) is 0. The number of morpholine rings is 2. The summed E-state index contributed by atoms with van der Waals surface area (Å²) in [6, 6.07) is 31.8. The van der Waals surface area contributed by atoms with Gasteiger partial charge in [-0.05, 0) is 48.6 Å². The minimum absolute atomic E-state index is 0.112. The maximum atomic E-state index is 13.6. The van der Waals surface area contributed by atoms with Gasteiger partial charge in [0, 0.05) is 48.4 Å². The zero-order chi connectivity index (χ0) is 37.5. The molecule has 278 valence electrons. The molecule has 2 heterocycles. The summed E-state index contributed by atoms with van der Waals surface area (Å²) in [5, 5.41) is 5.62. The molecule has 0 radical (unpaired) electrons. The Balaban J connectivity index is 1.17. The van der Waals surface area contributed by atoms with Crippen LogP contribution in [0.3, 0.4) is 0 Å². The monoisotopic (exact) mass is 730 g/mol. The van der Waals surface area contributed by atoms with Crippen molar-refractivity contribution in [2.45, 2.75) is 0 Å². The zero-order valence-electron chi connectivity index (χ0n) is 29.8. The molecular weight excluding hydrogens is 688 g/mol. The van der Waals surface area contributed by atoms with Gasteiger partial charge < -0.3 is 39.4 Å². The fourth-order valence-corrected chi connectivity index (χ4v) is 5.82. The predicted molar refractivity (Wildman–Crippen MR) is 202 cm³/mol. The average Bonchev–Trinajstić information content (AvgIpc) is 3.23. The summed E-state index contributed by atoms with van der Waals surface area (Å²) >= 11 is 0. The smallest absolute Gasteiger partial charge is 0.270 e. The van der Waals surface area contributed by atoms with Crippen LogP contribution in [0.25, 0.3) is 12.2 Å². The first-order chi connectivity index (χ1) is 26.5. The number of nitrogens with one attached hydrogen (secondary N) is 2. The summed E-state index contributed by atoms with van der Waals surface area (Å²) in [4.78, 5) is 56.9. The lowest BCUT2D eigenvalue weighted by atomic mass is 10.1. The van der Waals surface area contributed by atoms with E-state index in [2.05, 4.69) is 10.6 Å². The van der Waals surface area contributed by atoms with Crippen LogP contribution in [0.5, 0.6) is 11.5 Å². The summed E-state index contributed by atoms with van der Waals surface area (Å²) < 4.78 is 23.1. The van der Waals surface area contributed by atoms with Gasteiger partial charge in [-0.1, -0.05) is 72.8 Å². The molecule has 0 saturated carbocycles. The fraction of sp³-hybridized carbons (Fsp3) is 0.238. The first-order valence-corrected chi connectivity index (χ1v) is 17.8. The van der Waals surface area contributed by atoms with Crippen molar-refractivity contribution in [1.82, 2.24) is 20.4 Å². The molecule has 0 atom stereocenters. The molecule has 4 aromatic rings. The summed E-state index contributed by atoms with van der Waals surface area (Å²) in [5.74, 6) is -0.487. The van der Waals surface area contributed by atoms with Gasteiger partial charge in [-0.15, -0.1) is 0 Å². The number of hydrogen-bond acceptors (Lipinski definition) is 8. The van der Waals surface area contributed by atoms with Gasteiger partial charge >= 0.3 is 0 Å². The van der Waals surface area contributed by atoms with Crippen molar-refractivity contribution >= 4 is 35.8 Å². The number of rotatable bonds is 13. The molecule has 2 aliphatic heterocycles. The Hall–Kier alpha value is -6.24. The molecule has 0 aromatic heterocycles. The molecule has 2 N–H and O–H groups in total. The van der Waals surface area contributed by atoms with Gasteiger partial charge in [0.05, 0.1) is 26.4 Å². The highest BCUT2D eigenvalue weighted by atomic mass is 16.5. The van der Waals surface area contributed by atoms with Crippen molar-refractivity contribution in [1.29, 1.82) is 0 Å². The molecule has 12 nitrogen and oxygen atoms in total. The number of ether oxygens (including phenoxy) is 4. The van der Waals surface area contributed by atoms with Crippen LogP contribution in [0.4, 0.5) is 0 Å². The first kappa shape index (κ1) is 37.5. The van der Waals surface area contributed by atoms with Crippen LogP contribution < -0.4 is 20.1 Å². The van der Waals surface area contributed by atoms with Crippen molar-refractivity contribution in [2.24, 2.45) is 0 Å². The average molecular weight is 731 g/mol. The van der Waals surface area contributed by atoms with Crippen molar-refractivity contribution in [3.05, 3.63) is 143 Å². The van der Waals surface area contributed by atoms with Crippen molar-refractivity contribution in [2.75, 3.05) is 65.8 Å². The molecule has 12 heteroatoms. The van der Waals surface area contributed by atoms with Crippen LogP contribution in [0.2, 0.25) is 0 Å².